The van der Waals surface area contributed by atoms with Gasteiger partial charge in [-0.05, 0) is 26.7 Å². The Morgan fingerprint density at radius 2 is 1.96 bits per heavy atom. The van der Waals surface area contributed by atoms with Crippen LogP contribution in [0.5, 0.6) is 0 Å². The number of carbonyl (C=O) groups excluding carboxylic acids is 1. The van der Waals surface area contributed by atoms with Crippen molar-refractivity contribution in [2.24, 2.45) is 5.92 Å². The molecule has 0 radical (unpaired) electrons. The number of carbonyl (C=O) groups is 2. The van der Waals surface area contributed by atoms with Gasteiger partial charge in [-0.25, -0.2) is 14.6 Å². The molecule has 2 N–H and O–H groups in total. The Kier molecular flexibility index (Phi) is 6.74. The minimum Gasteiger partial charge on any atom is -0.476 e. The highest BCUT2D eigenvalue weighted by molar-refractivity contribution is 7.09. The van der Waals surface area contributed by atoms with Crippen LogP contribution in [0, 0.1) is 5.92 Å². The SMILES string of the molecule is CC(C)C(CC(O)c1nc(C(=O)O)cs1)N(C)C(=O)OC(C)(C)C. The van der Waals surface area contributed by atoms with Gasteiger partial charge in [-0.1, -0.05) is 13.8 Å². The molecule has 0 aliphatic rings. The number of aromatic carboxylic acids is 1. The van der Waals surface area contributed by atoms with Crippen molar-refractivity contribution in [3.05, 3.63) is 16.1 Å². The summed E-state index contributed by atoms with van der Waals surface area (Å²) in [6, 6.07) is -0.271. The van der Waals surface area contributed by atoms with Gasteiger partial charge in [0, 0.05) is 24.9 Å². The van der Waals surface area contributed by atoms with E-state index in [1.165, 1.54) is 10.3 Å². The molecule has 0 spiro atoms. The van der Waals surface area contributed by atoms with E-state index in [-0.39, 0.29) is 24.1 Å². The zero-order chi connectivity index (χ0) is 18.7. The number of aromatic nitrogens is 1. The Balaban J connectivity index is 2.84. The van der Waals surface area contributed by atoms with E-state index in [0.717, 1.165) is 11.3 Å². The van der Waals surface area contributed by atoms with E-state index in [0.29, 0.717) is 5.01 Å². The number of carboxylic acid groups (broad SMARTS) is 1. The number of aliphatic hydroxyl groups is 1. The molecule has 0 aliphatic heterocycles. The maximum atomic E-state index is 12.2. The van der Waals surface area contributed by atoms with Crippen LogP contribution in [0.25, 0.3) is 0 Å². The molecule has 0 aliphatic carbocycles. The van der Waals surface area contributed by atoms with Gasteiger partial charge in [0.05, 0.1) is 0 Å². The number of hydrogen-bond acceptors (Lipinski definition) is 6. The average molecular weight is 358 g/mol. The van der Waals surface area contributed by atoms with Crippen molar-refractivity contribution in [1.29, 1.82) is 0 Å². The van der Waals surface area contributed by atoms with Crippen LogP contribution in [0.1, 0.15) is 62.6 Å². The molecular formula is C16H26N2O5S. The number of amides is 1. The summed E-state index contributed by atoms with van der Waals surface area (Å²) in [5.74, 6) is -1.05. The lowest BCUT2D eigenvalue weighted by Crippen LogP contribution is -2.44. The van der Waals surface area contributed by atoms with Gasteiger partial charge >= 0.3 is 12.1 Å². The summed E-state index contributed by atoms with van der Waals surface area (Å²) in [7, 11) is 1.63. The monoisotopic (exact) mass is 358 g/mol. The summed E-state index contributed by atoms with van der Waals surface area (Å²) in [4.78, 5) is 28.5. The van der Waals surface area contributed by atoms with Crippen molar-refractivity contribution in [3.63, 3.8) is 0 Å². The van der Waals surface area contributed by atoms with Crippen molar-refractivity contribution in [2.45, 2.75) is 58.8 Å². The molecule has 136 valence electrons. The van der Waals surface area contributed by atoms with Gasteiger partial charge in [0.15, 0.2) is 5.69 Å². The third kappa shape index (κ3) is 5.76. The van der Waals surface area contributed by atoms with Gasteiger partial charge in [0.25, 0.3) is 0 Å². The molecule has 1 rings (SSSR count). The van der Waals surface area contributed by atoms with Gasteiger partial charge < -0.3 is 19.8 Å². The van der Waals surface area contributed by atoms with Crippen LogP contribution in [0.15, 0.2) is 5.38 Å². The molecule has 24 heavy (non-hydrogen) atoms. The molecule has 1 aromatic rings. The van der Waals surface area contributed by atoms with Crippen LogP contribution >= 0.6 is 11.3 Å². The molecule has 0 saturated heterocycles. The van der Waals surface area contributed by atoms with E-state index in [1.54, 1.807) is 27.8 Å². The minimum atomic E-state index is -1.13. The first kappa shape index (κ1) is 20.4. The fourth-order valence-electron chi connectivity index (χ4n) is 2.22. The van der Waals surface area contributed by atoms with Crippen LogP contribution in [0.2, 0.25) is 0 Å². The predicted octanol–water partition coefficient (Wildman–Crippen LogP) is 3.16. The zero-order valence-corrected chi connectivity index (χ0v) is 15.8. The van der Waals surface area contributed by atoms with Gasteiger partial charge in [-0.15, -0.1) is 11.3 Å². The third-order valence-electron chi connectivity index (χ3n) is 3.44. The van der Waals surface area contributed by atoms with Crippen molar-refractivity contribution < 1.29 is 24.5 Å². The van der Waals surface area contributed by atoms with Crippen molar-refractivity contribution >= 4 is 23.4 Å². The lowest BCUT2D eigenvalue weighted by atomic mass is 9.97. The first-order valence-electron chi connectivity index (χ1n) is 7.75. The molecule has 0 fully saturated rings. The van der Waals surface area contributed by atoms with Crippen molar-refractivity contribution in [2.75, 3.05) is 7.05 Å². The zero-order valence-electron chi connectivity index (χ0n) is 14.9. The largest absolute Gasteiger partial charge is 0.476 e. The summed E-state index contributed by atoms with van der Waals surface area (Å²) in [5.41, 5.74) is -0.687. The van der Waals surface area contributed by atoms with E-state index >= 15 is 0 Å². The summed E-state index contributed by atoms with van der Waals surface area (Å²) in [6.07, 6.45) is -1.15. The van der Waals surface area contributed by atoms with E-state index in [1.807, 2.05) is 13.8 Å². The first-order valence-corrected chi connectivity index (χ1v) is 8.63. The van der Waals surface area contributed by atoms with E-state index in [9.17, 15) is 14.7 Å². The summed E-state index contributed by atoms with van der Waals surface area (Å²) < 4.78 is 5.37. The molecule has 1 heterocycles. The second-order valence-electron chi connectivity index (χ2n) is 7.03. The maximum absolute atomic E-state index is 12.2. The standard InChI is InChI=1S/C16H26N2O5S/c1-9(2)11(18(6)15(22)23-16(3,4)5)7-12(19)13-17-10(8-24-13)14(20)21/h8-9,11-12,19H,7H2,1-6H3,(H,20,21). The van der Waals surface area contributed by atoms with Crippen molar-refractivity contribution in [3.8, 4) is 0 Å². The smallest absolute Gasteiger partial charge is 0.410 e. The van der Waals surface area contributed by atoms with E-state index < -0.39 is 23.8 Å². The first-order chi connectivity index (χ1) is 10.9. The topological polar surface area (TPSA) is 100.0 Å². The fourth-order valence-corrected chi connectivity index (χ4v) is 3.01. The Labute approximate surface area is 146 Å². The number of hydrogen-bond donors (Lipinski definition) is 2. The van der Waals surface area contributed by atoms with Gasteiger partial charge in [-0.3, -0.25) is 0 Å². The molecule has 2 atom stereocenters. The summed E-state index contributed by atoms with van der Waals surface area (Å²) in [6.45, 7) is 9.27. The van der Waals surface area contributed by atoms with Crippen LogP contribution in [-0.2, 0) is 4.74 Å². The van der Waals surface area contributed by atoms with Crippen LogP contribution in [-0.4, -0.2) is 50.9 Å². The molecule has 0 saturated carbocycles. The van der Waals surface area contributed by atoms with Gasteiger partial charge in [-0.2, -0.15) is 0 Å². The molecule has 7 nitrogen and oxygen atoms in total. The highest BCUT2D eigenvalue weighted by atomic mass is 32.1. The van der Waals surface area contributed by atoms with Crippen LogP contribution in [0.4, 0.5) is 4.79 Å². The second-order valence-corrected chi connectivity index (χ2v) is 7.92. The molecule has 2 unspecified atom stereocenters. The van der Waals surface area contributed by atoms with Crippen molar-refractivity contribution in [1.82, 2.24) is 9.88 Å². The summed E-state index contributed by atoms with van der Waals surface area (Å²) in [5, 5.41) is 21.0. The Morgan fingerprint density at radius 1 is 1.38 bits per heavy atom. The molecule has 1 aromatic heterocycles. The number of ether oxygens (including phenoxy) is 1. The molecule has 8 heteroatoms. The van der Waals surface area contributed by atoms with Gasteiger partial charge in [0.1, 0.15) is 16.7 Å². The lowest BCUT2D eigenvalue weighted by molar-refractivity contribution is 0.0106. The fraction of sp³-hybridized carbons (Fsp3) is 0.688. The second kappa shape index (κ2) is 7.94. The Hall–Kier alpha value is -1.67. The predicted molar refractivity (Wildman–Crippen MR) is 91.3 cm³/mol. The molecule has 0 bridgehead atoms. The Morgan fingerprint density at radius 3 is 2.38 bits per heavy atom. The number of nitrogens with zero attached hydrogens (tertiary/aromatic N) is 2. The quantitative estimate of drug-likeness (QED) is 0.810. The van der Waals surface area contributed by atoms with E-state index in [4.69, 9.17) is 9.84 Å². The van der Waals surface area contributed by atoms with Crippen LogP contribution in [0.3, 0.4) is 0 Å². The lowest BCUT2D eigenvalue weighted by Gasteiger charge is -2.34. The normalized spacial score (nSPS) is 14.3. The average Bonchev–Trinajstić information content (AvgIpc) is 2.91. The highest BCUT2D eigenvalue weighted by Gasteiger charge is 2.30. The molecular weight excluding hydrogens is 332 g/mol. The number of thiazole rings is 1. The van der Waals surface area contributed by atoms with Crippen LogP contribution < -0.4 is 0 Å². The number of aliphatic hydroxyl groups excluding tert-OH is 1. The van der Waals surface area contributed by atoms with E-state index in [2.05, 4.69) is 4.98 Å². The summed E-state index contributed by atoms with van der Waals surface area (Å²) >= 11 is 1.09. The molecule has 0 aromatic carbocycles. The highest BCUT2D eigenvalue weighted by Crippen LogP contribution is 2.27. The Bertz CT molecular complexity index is 579. The third-order valence-corrected chi connectivity index (χ3v) is 4.39. The minimum absolute atomic E-state index is 0.0797. The number of rotatable bonds is 6. The molecule has 1 amide bonds. The maximum Gasteiger partial charge on any atom is 0.410 e. The number of carboxylic acids is 1. The van der Waals surface area contributed by atoms with Gasteiger partial charge in [0.2, 0.25) is 0 Å².